The Labute approximate surface area is 217 Å². The Kier molecular flexibility index (Phi) is 4.42. The smallest absolute Gasteiger partial charge is 0.159 e. The molecule has 0 aliphatic heterocycles. The van der Waals surface area contributed by atoms with Crippen LogP contribution in [0.4, 0.5) is 17.1 Å². The molecule has 37 heavy (non-hydrogen) atoms. The van der Waals surface area contributed by atoms with Crippen LogP contribution in [0.2, 0.25) is 0 Å². The van der Waals surface area contributed by atoms with E-state index in [2.05, 4.69) is 120 Å². The minimum Gasteiger partial charge on any atom is -0.454 e. The first-order valence-electron chi connectivity index (χ1n) is 12.4. The highest BCUT2D eigenvalue weighted by Gasteiger charge is 2.19. The number of fused-ring (bicyclic) bond motifs is 7. The third-order valence-corrected chi connectivity index (χ3v) is 8.35. The zero-order valence-electron chi connectivity index (χ0n) is 19.9. The van der Waals surface area contributed by atoms with Crippen LogP contribution in [-0.4, -0.2) is 0 Å². The van der Waals surface area contributed by atoms with E-state index >= 15 is 0 Å². The van der Waals surface area contributed by atoms with E-state index in [0.29, 0.717) is 0 Å². The van der Waals surface area contributed by atoms with Gasteiger partial charge in [0.15, 0.2) is 5.58 Å². The maximum atomic E-state index is 6.45. The van der Waals surface area contributed by atoms with Gasteiger partial charge in [-0.05, 0) is 65.4 Å². The van der Waals surface area contributed by atoms with Gasteiger partial charge >= 0.3 is 0 Å². The Balaban J connectivity index is 1.38. The summed E-state index contributed by atoms with van der Waals surface area (Å²) >= 11 is 1.86. The van der Waals surface area contributed by atoms with E-state index in [1.807, 2.05) is 23.5 Å². The molecule has 0 amide bonds. The Morgan fingerprint density at radius 3 is 2.19 bits per heavy atom. The summed E-state index contributed by atoms with van der Waals surface area (Å²) in [6.07, 6.45) is 0. The van der Waals surface area contributed by atoms with Crippen LogP contribution in [0.3, 0.4) is 0 Å². The summed E-state index contributed by atoms with van der Waals surface area (Å²) in [4.78, 5) is 2.30. The van der Waals surface area contributed by atoms with Gasteiger partial charge in [-0.3, -0.25) is 0 Å². The number of para-hydroxylation sites is 3. The Hall–Kier alpha value is -4.60. The molecule has 0 saturated carbocycles. The SMILES string of the molecule is c1ccc(N(c2ccc3cc4c(cc3c2)sc2ccccc24)c2cccc3c2oc2ccccc23)cc1. The second-order valence-electron chi connectivity index (χ2n) is 9.40. The molecule has 0 saturated heterocycles. The van der Waals surface area contributed by atoms with Crippen molar-refractivity contribution in [2.24, 2.45) is 0 Å². The first-order chi connectivity index (χ1) is 18.3. The first-order valence-corrected chi connectivity index (χ1v) is 13.3. The molecule has 8 aromatic rings. The van der Waals surface area contributed by atoms with Crippen molar-refractivity contribution in [2.75, 3.05) is 4.90 Å². The number of furan rings is 1. The van der Waals surface area contributed by atoms with Gasteiger partial charge in [-0.2, -0.15) is 0 Å². The number of hydrogen-bond donors (Lipinski definition) is 0. The van der Waals surface area contributed by atoms with Crippen molar-refractivity contribution in [3.63, 3.8) is 0 Å². The number of anilines is 3. The van der Waals surface area contributed by atoms with Crippen LogP contribution in [0.5, 0.6) is 0 Å². The predicted octanol–water partition coefficient (Wildman–Crippen LogP) is 10.6. The van der Waals surface area contributed by atoms with Gasteiger partial charge in [0.2, 0.25) is 0 Å². The Morgan fingerprint density at radius 2 is 1.27 bits per heavy atom. The lowest BCUT2D eigenvalue weighted by Crippen LogP contribution is -2.10. The van der Waals surface area contributed by atoms with Crippen molar-refractivity contribution in [3.8, 4) is 0 Å². The highest BCUT2D eigenvalue weighted by molar-refractivity contribution is 7.25. The number of benzene rings is 6. The zero-order chi connectivity index (χ0) is 24.3. The van der Waals surface area contributed by atoms with Crippen molar-refractivity contribution < 1.29 is 4.42 Å². The molecular weight excluding hydrogens is 470 g/mol. The molecule has 0 radical (unpaired) electrons. The Morgan fingerprint density at radius 1 is 0.486 bits per heavy atom. The van der Waals surface area contributed by atoms with E-state index in [9.17, 15) is 0 Å². The van der Waals surface area contributed by atoms with E-state index in [0.717, 1.165) is 39.0 Å². The summed E-state index contributed by atoms with van der Waals surface area (Å²) in [6.45, 7) is 0. The van der Waals surface area contributed by atoms with Crippen LogP contribution in [0.1, 0.15) is 0 Å². The van der Waals surface area contributed by atoms with Crippen molar-refractivity contribution in [1.29, 1.82) is 0 Å². The van der Waals surface area contributed by atoms with Gasteiger partial charge in [0.25, 0.3) is 0 Å². The maximum Gasteiger partial charge on any atom is 0.159 e. The molecule has 8 rings (SSSR count). The average Bonchev–Trinajstić information content (AvgIpc) is 3.51. The van der Waals surface area contributed by atoms with Crippen LogP contribution in [0.25, 0.3) is 52.9 Å². The van der Waals surface area contributed by atoms with Gasteiger partial charge in [-0.25, -0.2) is 0 Å². The first kappa shape index (κ1) is 20.6. The lowest BCUT2D eigenvalue weighted by atomic mass is 10.0. The molecule has 0 bridgehead atoms. The zero-order valence-corrected chi connectivity index (χ0v) is 20.7. The second-order valence-corrected chi connectivity index (χ2v) is 10.5. The second kappa shape index (κ2) is 7.95. The molecular formula is C34H21NOS. The normalized spacial score (nSPS) is 11.8. The summed E-state index contributed by atoms with van der Waals surface area (Å²) in [7, 11) is 0. The van der Waals surface area contributed by atoms with Gasteiger partial charge in [0.05, 0.1) is 5.69 Å². The lowest BCUT2D eigenvalue weighted by Gasteiger charge is -2.25. The quantitative estimate of drug-likeness (QED) is 0.244. The minimum atomic E-state index is 0.896. The molecule has 6 aromatic carbocycles. The molecule has 0 unspecified atom stereocenters. The molecule has 0 N–H and O–H groups in total. The fraction of sp³-hybridized carbons (Fsp3) is 0. The van der Waals surface area contributed by atoms with Gasteiger partial charge in [0.1, 0.15) is 5.58 Å². The maximum absolute atomic E-state index is 6.45. The molecule has 0 aliphatic rings. The number of rotatable bonds is 3. The van der Waals surface area contributed by atoms with Crippen LogP contribution in [0, 0.1) is 0 Å². The Bertz CT molecular complexity index is 2100. The van der Waals surface area contributed by atoms with Gasteiger partial charge < -0.3 is 9.32 Å². The summed E-state index contributed by atoms with van der Waals surface area (Å²) in [6, 6.07) is 45.3. The molecule has 2 heterocycles. The highest BCUT2D eigenvalue weighted by atomic mass is 32.1. The highest BCUT2D eigenvalue weighted by Crippen LogP contribution is 2.43. The number of thiophene rings is 1. The fourth-order valence-electron chi connectivity index (χ4n) is 5.51. The van der Waals surface area contributed by atoms with Crippen molar-refractivity contribution in [2.45, 2.75) is 0 Å². The average molecular weight is 492 g/mol. The monoisotopic (exact) mass is 491 g/mol. The molecule has 0 atom stereocenters. The topological polar surface area (TPSA) is 16.4 Å². The van der Waals surface area contributed by atoms with E-state index < -0.39 is 0 Å². The molecule has 2 aromatic heterocycles. The lowest BCUT2D eigenvalue weighted by molar-refractivity contribution is 0.669. The molecule has 0 fully saturated rings. The summed E-state index contributed by atoms with van der Waals surface area (Å²) in [5.41, 5.74) is 5.03. The van der Waals surface area contributed by atoms with Gasteiger partial charge in [-0.15, -0.1) is 11.3 Å². The van der Waals surface area contributed by atoms with E-state index in [1.165, 1.54) is 30.9 Å². The van der Waals surface area contributed by atoms with Crippen molar-refractivity contribution in [3.05, 3.63) is 127 Å². The minimum absolute atomic E-state index is 0.896. The third kappa shape index (κ3) is 3.18. The van der Waals surface area contributed by atoms with Crippen molar-refractivity contribution >= 4 is 81.3 Å². The molecule has 3 heteroatoms. The van der Waals surface area contributed by atoms with E-state index in [-0.39, 0.29) is 0 Å². The van der Waals surface area contributed by atoms with E-state index in [1.54, 1.807) is 0 Å². The molecule has 0 aliphatic carbocycles. The van der Waals surface area contributed by atoms with Crippen LogP contribution in [-0.2, 0) is 0 Å². The summed E-state index contributed by atoms with van der Waals surface area (Å²) < 4.78 is 9.09. The summed E-state index contributed by atoms with van der Waals surface area (Å²) in [5, 5.41) is 7.40. The van der Waals surface area contributed by atoms with Crippen molar-refractivity contribution in [1.82, 2.24) is 0 Å². The van der Waals surface area contributed by atoms with Crippen LogP contribution in [0.15, 0.2) is 132 Å². The molecule has 174 valence electrons. The largest absolute Gasteiger partial charge is 0.454 e. The van der Waals surface area contributed by atoms with Gasteiger partial charge in [0, 0.05) is 42.3 Å². The van der Waals surface area contributed by atoms with Gasteiger partial charge in [-0.1, -0.05) is 72.8 Å². The number of hydrogen-bond acceptors (Lipinski definition) is 3. The van der Waals surface area contributed by atoms with Crippen LogP contribution < -0.4 is 4.90 Å². The molecule has 2 nitrogen and oxygen atoms in total. The predicted molar refractivity (Wildman–Crippen MR) is 159 cm³/mol. The molecule has 0 spiro atoms. The summed E-state index contributed by atoms with van der Waals surface area (Å²) in [5.74, 6) is 0. The van der Waals surface area contributed by atoms with Crippen LogP contribution >= 0.6 is 11.3 Å². The fourth-order valence-corrected chi connectivity index (χ4v) is 6.64. The number of nitrogens with zero attached hydrogens (tertiary/aromatic N) is 1. The van der Waals surface area contributed by atoms with E-state index in [4.69, 9.17) is 4.42 Å². The third-order valence-electron chi connectivity index (χ3n) is 7.22. The standard InChI is InChI=1S/C34H21NOS/c1-2-9-24(10-3-1)35(30-14-8-13-28-26-11-4-6-15-31(26)36-34(28)30)25-18-17-22-20-29-27-12-5-7-16-32(27)37-33(29)21-23(22)19-25/h1-21H.